The second kappa shape index (κ2) is 7.54. The Kier molecular flexibility index (Phi) is 6.09. The summed E-state index contributed by atoms with van der Waals surface area (Å²) in [6.45, 7) is 12.8. The number of aryl methyl sites for hydroxylation is 1. The van der Waals surface area contributed by atoms with E-state index in [2.05, 4.69) is 31.7 Å². The summed E-state index contributed by atoms with van der Waals surface area (Å²) in [5.41, 5.74) is 6.09. The number of rotatable bonds is 7. The fourth-order valence-electron chi connectivity index (χ4n) is 3.22. The Morgan fingerprint density at radius 3 is 2.54 bits per heavy atom. The van der Waals surface area contributed by atoms with E-state index in [-0.39, 0.29) is 17.8 Å². The van der Waals surface area contributed by atoms with E-state index in [9.17, 15) is 4.79 Å². The molecule has 0 radical (unpaired) electrons. The Hall–Kier alpha value is -0.923. The number of nitrogens with two attached hydrogens (primary N) is 1. The van der Waals surface area contributed by atoms with Gasteiger partial charge in [-0.1, -0.05) is 26.6 Å². The van der Waals surface area contributed by atoms with Crippen LogP contribution >= 0.6 is 0 Å². The lowest BCUT2D eigenvalue weighted by molar-refractivity contribution is 0.0749. The molecular weight excluding hydrogens is 320 g/mol. The van der Waals surface area contributed by atoms with Crippen LogP contribution in [-0.2, 0) is 18.0 Å². The third kappa shape index (κ3) is 5.29. The van der Waals surface area contributed by atoms with E-state index in [1.807, 2.05) is 6.92 Å². The topological polar surface area (TPSA) is 75.1 Å². The van der Waals surface area contributed by atoms with Gasteiger partial charge in [0.05, 0.1) is 0 Å². The molecule has 2 N–H and O–H groups in total. The van der Waals surface area contributed by atoms with Gasteiger partial charge < -0.3 is 10.5 Å². The average molecular weight is 355 g/mol. The highest BCUT2D eigenvalue weighted by molar-refractivity contribution is 6.76. The van der Waals surface area contributed by atoms with Crippen LogP contribution in [0.3, 0.4) is 0 Å². The molecule has 138 valence electrons. The van der Waals surface area contributed by atoms with E-state index >= 15 is 0 Å². The summed E-state index contributed by atoms with van der Waals surface area (Å²) in [6.07, 6.45) is 4.21. The van der Waals surface area contributed by atoms with Gasteiger partial charge in [-0.3, -0.25) is 4.57 Å². The van der Waals surface area contributed by atoms with Crippen molar-refractivity contribution in [1.29, 1.82) is 0 Å². The molecular formula is C17H34N4O2Si. The van der Waals surface area contributed by atoms with Crippen molar-refractivity contribution in [3.05, 3.63) is 16.3 Å². The van der Waals surface area contributed by atoms with Gasteiger partial charge in [0.15, 0.2) is 0 Å². The molecule has 0 spiro atoms. The van der Waals surface area contributed by atoms with Gasteiger partial charge in [0.25, 0.3) is 0 Å². The smallest absolute Gasteiger partial charge is 0.348 e. The maximum Gasteiger partial charge on any atom is 0.348 e. The molecule has 0 aliphatic heterocycles. The predicted octanol–water partition coefficient (Wildman–Crippen LogP) is 2.57. The van der Waals surface area contributed by atoms with Crippen LogP contribution in [0.15, 0.2) is 4.79 Å². The fraction of sp³-hybridized carbons (Fsp3) is 0.882. The lowest BCUT2D eigenvalue weighted by atomic mass is 9.74. The standard InChI is InChI=1S/C17H34N4O2Si/c1-14-19-21(13-23-10-11-24(3,4)5)16(22)20(14)12-17(2)8-6-15(18)7-9-17/h15H,6-13,18H2,1-5H3. The zero-order chi connectivity index (χ0) is 18.0. The Balaban J connectivity index is 1.97. The predicted molar refractivity (Wildman–Crippen MR) is 99.9 cm³/mol. The van der Waals surface area contributed by atoms with Crippen LogP contribution in [0.25, 0.3) is 0 Å². The summed E-state index contributed by atoms with van der Waals surface area (Å²) in [5, 5.41) is 4.38. The first-order chi connectivity index (χ1) is 11.1. The van der Waals surface area contributed by atoms with Gasteiger partial charge in [0.1, 0.15) is 12.6 Å². The number of nitrogens with zero attached hydrogens (tertiary/aromatic N) is 3. The molecule has 0 atom stereocenters. The van der Waals surface area contributed by atoms with Gasteiger partial charge >= 0.3 is 5.69 Å². The Labute approximate surface area is 146 Å². The molecule has 0 bridgehead atoms. The molecule has 2 rings (SSSR count). The molecule has 0 unspecified atom stereocenters. The number of aromatic nitrogens is 3. The molecule has 1 aromatic heterocycles. The number of hydrogen-bond donors (Lipinski definition) is 1. The van der Waals surface area contributed by atoms with Crippen molar-refractivity contribution in [3.8, 4) is 0 Å². The normalized spacial score (nSPS) is 25.2. The molecule has 1 aliphatic carbocycles. The van der Waals surface area contributed by atoms with Gasteiger partial charge in [0, 0.05) is 27.3 Å². The van der Waals surface area contributed by atoms with Crippen LogP contribution in [0.5, 0.6) is 0 Å². The zero-order valence-electron chi connectivity index (χ0n) is 16.0. The molecule has 6 nitrogen and oxygen atoms in total. The van der Waals surface area contributed by atoms with E-state index in [0.29, 0.717) is 12.6 Å². The molecule has 7 heteroatoms. The minimum absolute atomic E-state index is 0.0587. The molecule has 1 aliphatic rings. The second-order valence-corrected chi connectivity index (χ2v) is 14.5. The third-order valence-electron chi connectivity index (χ3n) is 5.09. The highest BCUT2D eigenvalue weighted by atomic mass is 28.3. The number of hydrogen-bond acceptors (Lipinski definition) is 4. The van der Waals surface area contributed by atoms with E-state index in [1.54, 1.807) is 4.57 Å². The molecule has 1 saturated carbocycles. The highest BCUT2D eigenvalue weighted by Gasteiger charge is 2.31. The molecule has 1 aromatic rings. The second-order valence-electron chi connectivity index (χ2n) is 8.91. The Morgan fingerprint density at radius 2 is 1.96 bits per heavy atom. The van der Waals surface area contributed by atoms with Crippen molar-refractivity contribution in [2.45, 2.75) is 84.5 Å². The first kappa shape index (κ1) is 19.4. The monoisotopic (exact) mass is 354 g/mol. The quantitative estimate of drug-likeness (QED) is 0.603. The zero-order valence-corrected chi connectivity index (χ0v) is 17.0. The molecule has 1 heterocycles. The molecule has 0 amide bonds. The van der Waals surface area contributed by atoms with Crippen LogP contribution in [0.4, 0.5) is 0 Å². The van der Waals surface area contributed by atoms with Crippen molar-refractivity contribution < 1.29 is 4.74 Å². The molecule has 0 aromatic carbocycles. The van der Waals surface area contributed by atoms with Gasteiger partial charge in [-0.05, 0) is 44.1 Å². The van der Waals surface area contributed by atoms with E-state index in [4.69, 9.17) is 10.5 Å². The van der Waals surface area contributed by atoms with Crippen molar-refractivity contribution >= 4 is 8.07 Å². The Bertz CT molecular complexity index is 595. The minimum atomic E-state index is -1.11. The fourth-order valence-corrected chi connectivity index (χ4v) is 3.98. The van der Waals surface area contributed by atoms with Crippen molar-refractivity contribution in [2.24, 2.45) is 11.1 Å². The van der Waals surface area contributed by atoms with Crippen LogP contribution in [0, 0.1) is 12.3 Å². The highest BCUT2D eigenvalue weighted by Crippen LogP contribution is 2.36. The van der Waals surface area contributed by atoms with Crippen molar-refractivity contribution in [3.63, 3.8) is 0 Å². The summed E-state index contributed by atoms with van der Waals surface area (Å²) in [4.78, 5) is 12.6. The van der Waals surface area contributed by atoms with Crippen LogP contribution in [-0.4, -0.2) is 35.1 Å². The summed E-state index contributed by atoms with van der Waals surface area (Å²) in [5.74, 6) is 0.768. The maximum atomic E-state index is 12.6. The van der Waals surface area contributed by atoms with E-state index < -0.39 is 8.07 Å². The summed E-state index contributed by atoms with van der Waals surface area (Å²) in [7, 11) is -1.11. The SMILES string of the molecule is Cc1nn(COCC[Si](C)(C)C)c(=O)n1CC1(C)CCC(N)CC1. The number of ether oxygens (including phenoxy) is 1. The van der Waals surface area contributed by atoms with E-state index in [0.717, 1.165) is 44.1 Å². The van der Waals surface area contributed by atoms with Crippen LogP contribution < -0.4 is 11.4 Å². The van der Waals surface area contributed by atoms with Crippen molar-refractivity contribution in [2.75, 3.05) is 6.61 Å². The third-order valence-corrected chi connectivity index (χ3v) is 6.80. The lowest BCUT2D eigenvalue weighted by Crippen LogP contribution is -2.38. The Morgan fingerprint density at radius 1 is 1.33 bits per heavy atom. The lowest BCUT2D eigenvalue weighted by Gasteiger charge is -2.36. The summed E-state index contributed by atoms with van der Waals surface area (Å²) in [6, 6.07) is 1.41. The van der Waals surface area contributed by atoms with Gasteiger partial charge in [-0.15, -0.1) is 0 Å². The average Bonchev–Trinajstić information content (AvgIpc) is 2.74. The largest absolute Gasteiger partial charge is 0.359 e. The molecule has 1 fully saturated rings. The van der Waals surface area contributed by atoms with E-state index in [1.165, 1.54) is 4.68 Å². The van der Waals surface area contributed by atoms with Gasteiger partial charge in [0.2, 0.25) is 0 Å². The maximum absolute atomic E-state index is 12.6. The summed E-state index contributed by atoms with van der Waals surface area (Å²) >= 11 is 0. The van der Waals surface area contributed by atoms with Crippen LogP contribution in [0.1, 0.15) is 38.4 Å². The van der Waals surface area contributed by atoms with Gasteiger partial charge in [-0.2, -0.15) is 9.78 Å². The summed E-state index contributed by atoms with van der Waals surface area (Å²) < 4.78 is 8.94. The van der Waals surface area contributed by atoms with Crippen molar-refractivity contribution in [1.82, 2.24) is 14.3 Å². The first-order valence-electron chi connectivity index (χ1n) is 9.07. The van der Waals surface area contributed by atoms with Gasteiger partial charge in [-0.25, -0.2) is 4.79 Å². The minimum Gasteiger partial charge on any atom is -0.359 e. The van der Waals surface area contributed by atoms with Crippen LogP contribution in [0.2, 0.25) is 25.7 Å². The molecule has 24 heavy (non-hydrogen) atoms. The first-order valence-corrected chi connectivity index (χ1v) is 12.8. The molecule has 0 saturated heterocycles.